The summed E-state index contributed by atoms with van der Waals surface area (Å²) in [6.07, 6.45) is 0. The van der Waals surface area contributed by atoms with Gasteiger partial charge in [-0.25, -0.2) is 9.97 Å². The highest BCUT2D eigenvalue weighted by atomic mass is 15.1. The molecule has 0 N–H and O–H groups in total. The first-order valence-electron chi connectivity index (χ1n) is 27.3. The summed E-state index contributed by atoms with van der Waals surface area (Å²) in [4.78, 5) is 10.8. The first-order chi connectivity index (χ1) is 39.7. The van der Waals surface area contributed by atoms with Crippen molar-refractivity contribution in [3.05, 3.63) is 279 Å². The van der Waals surface area contributed by atoms with Crippen LogP contribution in [-0.4, -0.2) is 28.2 Å². The quantitative estimate of drug-likeness (QED) is 0.160. The van der Waals surface area contributed by atoms with Crippen LogP contribution in [0.1, 0.15) is 0 Å². The molecule has 0 aliphatic carbocycles. The van der Waals surface area contributed by atoms with Crippen LogP contribution in [0.15, 0.2) is 279 Å². The lowest BCUT2D eigenvalue weighted by Crippen LogP contribution is -2.03. The van der Waals surface area contributed by atoms with Crippen molar-refractivity contribution in [1.82, 2.24) is 28.2 Å². The molecule has 0 fully saturated rings. The fourth-order valence-electron chi connectivity index (χ4n) is 12.9. The second-order valence-corrected chi connectivity index (χ2v) is 20.9. The van der Waals surface area contributed by atoms with Gasteiger partial charge >= 0.3 is 0 Å². The van der Waals surface area contributed by atoms with Crippen molar-refractivity contribution < 1.29 is 0 Å². The van der Waals surface area contributed by atoms with Crippen LogP contribution in [-0.2, 0) is 0 Å². The third-order valence-electron chi connectivity index (χ3n) is 16.6. The van der Waals surface area contributed by atoms with Crippen LogP contribution in [0, 0.1) is 0 Å². The molecule has 6 nitrogen and oxygen atoms in total. The van der Waals surface area contributed by atoms with E-state index in [0.717, 1.165) is 72.5 Å². The minimum absolute atomic E-state index is 0.670. The topological polar surface area (TPSA) is 45.5 Å². The number of aromatic nitrogens is 6. The Morgan fingerprint density at radius 3 is 1.02 bits per heavy atom. The van der Waals surface area contributed by atoms with Crippen LogP contribution in [0.4, 0.5) is 0 Å². The smallest absolute Gasteiger partial charge is 0.162 e. The molecule has 0 amide bonds. The van der Waals surface area contributed by atoms with Gasteiger partial charge in [0.25, 0.3) is 0 Å². The number of benzene rings is 12. The molecular formula is C74H46N6. The van der Waals surface area contributed by atoms with E-state index in [4.69, 9.17) is 9.97 Å². The summed E-state index contributed by atoms with van der Waals surface area (Å²) >= 11 is 0. The van der Waals surface area contributed by atoms with Crippen molar-refractivity contribution >= 4 is 98.1 Å². The first-order valence-corrected chi connectivity index (χ1v) is 27.3. The zero-order valence-corrected chi connectivity index (χ0v) is 43.2. The number of fused-ring (bicyclic) bond motifs is 13. The molecule has 0 aliphatic rings. The van der Waals surface area contributed by atoms with Crippen molar-refractivity contribution in [2.45, 2.75) is 0 Å². The largest absolute Gasteiger partial charge is 0.309 e. The van der Waals surface area contributed by atoms with Gasteiger partial charge in [-0.15, -0.1) is 0 Å². The standard InChI is InChI=1S/C74H46N6/c1-3-17-52(18-4-1)77-65-27-13-9-22-56(65)61-43-48(34-40-69(61)77)49-35-41-71-62(44-49)58-24-11-15-29-67(58)79(71)54-37-31-47(32-38-54)73-75-64-26-12-7-25-60(64)74(76-73)80-68-30-16-8-21-55(68)59-39-33-51(46-72(59)80)50-36-42-70-63(45-50)57-23-10-14-28-66(57)78(70)53-19-5-2-6-20-53/h1-46H. The van der Waals surface area contributed by atoms with Gasteiger partial charge in [0, 0.05) is 71.1 Å². The van der Waals surface area contributed by atoms with Gasteiger partial charge in [-0.3, -0.25) is 4.57 Å². The zero-order valence-electron chi connectivity index (χ0n) is 43.2. The fraction of sp³-hybridized carbons (Fsp3) is 0. The van der Waals surface area contributed by atoms with E-state index >= 15 is 0 Å². The number of hydrogen-bond donors (Lipinski definition) is 0. The number of nitrogens with zero attached hydrogens (tertiary/aromatic N) is 6. The third-order valence-corrected chi connectivity index (χ3v) is 16.6. The van der Waals surface area contributed by atoms with Gasteiger partial charge in [0.1, 0.15) is 5.82 Å². The van der Waals surface area contributed by atoms with E-state index in [-0.39, 0.29) is 0 Å². The van der Waals surface area contributed by atoms with E-state index < -0.39 is 0 Å². The molecule has 17 aromatic rings. The van der Waals surface area contributed by atoms with Gasteiger partial charge in [-0.2, -0.15) is 0 Å². The van der Waals surface area contributed by atoms with E-state index in [2.05, 4.69) is 297 Å². The average Bonchev–Trinajstić information content (AvgIpc) is 4.34. The molecular weight excluding hydrogens is 973 g/mol. The predicted octanol–water partition coefficient (Wildman–Crippen LogP) is 19.0. The second kappa shape index (κ2) is 17.3. The molecule has 0 aliphatic heterocycles. The second-order valence-electron chi connectivity index (χ2n) is 20.9. The molecule has 0 unspecified atom stereocenters. The van der Waals surface area contributed by atoms with Crippen molar-refractivity contribution in [2.24, 2.45) is 0 Å². The Kier molecular flexibility index (Phi) is 9.61. The summed E-state index contributed by atoms with van der Waals surface area (Å²) < 4.78 is 9.48. The molecule has 0 saturated heterocycles. The van der Waals surface area contributed by atoms with Crippen LogP contribution in [0.2, 0.25) is 0 Å². The minimum Gasteiger partial charge on any atom is -0.309 e. The van der Waals surface area contributed by atoms with Crippen molar-refractivity contribution in [1.29, 1.82) is 0 Å². The Morgan fingerprint density at radius 2 is 0.537 bits per heavy atom. The molecule has 80 heavy (non-hydrogen) atoms. The third kappa shape index (κ3) is 6.66. The molecule has 0 atom stereocenters. The molecule has 0 spiro atoms. The van der Waals surface area contributed by atoms with Gasteiger partial charge in [-0.1, -0.05) is 152 Å². The number of rotatable bonds is 7. The summed E-state index contributed by atoms with van der Waals surface area (Å²) in [5.74, 6) is 1.52. The molecule has 0 bridgehead atoms. The van der Waals surface area contributed by atoms with Gasteiger partial charge in [-0.05, 0) is 150 Å². The predicted molar refractivity (Wildman–Crippen MR) is 333 cm³/mol. The number of hydrogen-bond acceptors (Lipinski definition) is 2. The Morgan fingerprint density at radius 1 is 0.200 bits per heavy atom. The number of para-hydroxylation sites is 7. The molecule has 0 radical (unpaired) electrons. The lowest BCUT2D eigenvalue weighted by molar-refractivity contribution is 1.07. The van der Waals surface area contributed by atoms with E-state index in [0.29, 0.717) is 5.82 Å². The molecule has 12 aromatic carbocycles. The van der Waals surface area contributed by atoms with Crippen LogP contribution >= 0.6 is 0 Å². The SMILES string of the molecule is c1ccc(-n2c3ccccc3c3cc(-c4ccc5c(c4)c4ccccc4n5-c4ccc(-c5nc(-n6c7ccccc7c7ccc(-c8ccc9c(c8)c8ccccc8n9-c8ccccc8)cc76)c6ccccc6n5)cc4)ccc32)cc1. The minimum atomic E-state index is 0.670. The zero-order chi connectivity index (χ0) is 52.4. The summed E-state index contributed by atoms with van der Waals surface area (Å²) in [7, 11) is 0. The highest BCUT2D eigenvalue weighted by Gasteiger charge is 2.21. The highest BCUT2D eigenvalue weighted by molar-refractivity contribution is 6.15. The normalized spacial score (nSPS) is 12.0. The van der Waals surface area contributed by atoms with E-state index in [1.54, 1.807) is 0 Å². The Bertz CT molecular complexity index is 5350. The Balaban J connectivity index is 0.769. The molecule has 6 heteroatoms. The summed E-state index contributed by atoms with van der Waals surface area (Å²) in [5, 5.41) is 10.7. The van der Waals surface area contributed by atoms with Crippen LogP contribution in [0.5, 0.6) is 0 Å². The molecule has 17 rings (SSSR count). The van der Waals surface area contributed by atoms with Crippen molar-refractivity contribution in [3.63, 3.8) is 0 Å². The maximum absolute atomic E-state index is 5.55. The van der Waals surface area contributed by atoms with Crippen LogP contribution in [0.25, 0.3) is 155 Å². The monoisotopic (exact) mass is 1020 g/mol. The van der Waals surface area contributed by atoms with Gasteiger partial charge in [0.05, 0.1) is 49.7 Å². The molecule has 5 aromatic heterocycles. The lowest BCUT2D eigenvalue weighted by atomic mass is 10.0. The Labute approximate surface area is 459 Å². The molecule has 372 valence electrons. The summed E-state index contributed by atoms with van der Waals surface area (Å²) in [6.45, 7) is 0. The van der Waals surface area contributed by atoms with Crippen molar-refractivity contribution in [3.8, 4) is 56.5 Å². The lowest BCUT2D eigenvalue weighted by Gasteiger charge is -2.14. The molecule has 0 saturated carbocycles. The van der Waals surface area contributed by atoms with Gasteiger partial charge < -0.3 is 13.7 Å². The van der Waals surface area contributed by atoms with Crippen molar-refractivity contribution in [2.75, 3.05) is 0 Å². The van der Waals surface area contributed by atoms with Gasteiger partial charge in [0.2, 0.25) is 0 Å². The average molecular weight is 1020 g/mol. The maximum atomic E-state index is 5.55. The molecule has 5 heterocycles. The highest BCUT2D eigenvalue weighted by Crippen LogP contribution is 2.42. The van der Waals surface area contributed by atoms with E-state index in [9.17, 15) is 0 Å². The summed E-state index contributed by atoms with van der Waals surface area (Å²) in [6, 6.07) is 101. The van der Waals surface area contributed by atoms with Crippen LogP contribution < -0.4 is 0 Å². The fourth-order valence-corrected chi connectivity index (χ4v) is 12.9. The first kappa shape index (κ1) is 44.3. The van der Waals surface area contributed by atoms with E-state index in [1.807, 2.05) is 0 Å². The maximum Gasteiger partial charge on any atom is 0.162 e. The van der Waals surface area contributed by atoms with Gasteiger partial charge in [0.15, 0.2) is 5.82 Å². The van der Waals surface area contributed by atoms with E-state index in [1.165, 1.54) is 76.3 Å². The van der Waals surface area contributed by atoms with Crippen LogP contribution in [0.3, 0.4) is 0 Å². The summed E-state index contributed by atoms with van der Waals surface area (Å²) in [5.41, 5.74) is 19.1. The Hall–Kier alpha value is -10.8.